The highest BCUT2D eigenvalue weighted by Gasteiger charge is 2.54. The van der Waals surface area contributed by atoms with Crippen molar-refractivity contribution in [3.63, 3.8) is 0 Å². The summed E-state index contributed by atoms with van der Waals surface area (Å²) in [7, 11) is 0. The molecular formula is C99H177NO18. The molecule has 12 N–H and O–H groups in total. The third-order valence-electron chi connectivity index (χ3n) is 23.7. The first-order valence-electron chi connectivity index (χ1n) is 48.5. The van der Waals surface area contributed by atoms with E-state index in [2.05, 4.69) is 116 Å². The molecule has 3 fully saturated rings. The van der Waals surface area contributed by atoms with Gasteiger partial charge in [-0.15, -0.1) is 0 Å². The molecule has 0 saturated carbocycles. The maximum Gasteiger partial charge on any atom is 0.220 e. The van der Waals surface area contributed by atoms with Crippen LogP contribution in [-0.2, 0) is 33.2 Å². The van der Waals surface area contributed by atoms with E-state index in [0.717, 1.165) is 96.3 Å². The zero-order valence-electron chi connectivity index (χ0n) is 74.4. The molecule has 3 aliphatic heterocycles. The average molecular weight is 1670 g/mol. The van der Waals surface area contributed by atoms with Gasteiger partial charge in [0, 0.05) is 6.42 Å². The number of nitrogens with one attached hydrogen (secondary N) is 1. The molecule has 3 heterocycles. The van der Waals surface area contributed by atoms with Crippen LogP contribution in [0.15, 0.2) is 97.2 Å². The van der Waals surface area contributed by atoms with Gasteiger partial charge in [0.1, 0.15) is 73.2 Å². The molecule has 17 unspecified atom stereocenters. The van der Waals surface area contributed by atoms with Crippen LogP contribution >= 0.6 is 0 Å². The molecule has 0 aromatic rings. The zero-order chi connectivity index (χ0) is 85.2. The summed E-state index contributed by atoms with van der Waals surface area (Å²) in [5.74, 6) is -0.239. The number of carbonyl (C=O) groups excluding carboxylic acids is 1. The van der Waals surface area contributed by atoms with Gasteiger partial charge < -0.3 is 89.9 Å². The number of hydrogen-bond donors (Lipinski definition) is 12. The SMILES string of the molecule is CC/C=C\C/C=C\C/C=C\C/C=C\C/C=C\C/C=C\C/C=C\C/C=C\CCCCCCCCCCCCCCCCCCC(=O)NC(COC1OC(CO)C(OC2OC(CO)C(OC3OC(CO)C(O)C(O)C3O)C(O)C2O)C(O)C1O)C(O)CCCCCCCCCCCCCCCCCCCCCCCCCCCCCCCCCC. The Balaban J connectivity index is 1.29. The van der Waals surface area contributed by atoms with Crippen LogP contribution in [0.3, 0.4) is 0 Å². The summed E-state index contributed by atoms with van der Waals surface area (Å²) in [6, 6.07) is -0.894. The Bertz CT molecular complexity index is 2500. The highest BCUT2D eigenvalue weighted by Crippen LogP contribution is 2.34. The summed E-state index contributed by atoms with van der Waals surface area (Å²) in [6.07, 6.45) is 81.0. The number of aliphatic hydroxyl groups is 11. The second-order valence-corrected chi connectivity index (χ2v) is 34.2. The van der Waals surface area contributed by atoms with Crippen molar-refractivity contribution in [2.45, 2.75) is 497 Å². The lowest BCUT2D eigenvalue weighted by molar-refractivity contribution is -0.379. The fraction of sp³-hybridized carbons (Fsp3) is 0.828. The number of hydrogen-bond acceptors (Lipinski definition) is 18. The number of allylic oxidation sites excluding steroid dienone is 16. The molecule has 19 heteroatoms. The lowest BCUT2D eigenvalue weighted by Crippen LogP contribution is -2.66. The van der Waals surface area contributed by atoms with E-state index in [0.29, 0.717) is 12.8 Å². The Hall–Kier alpha value is -3.29. The highest BCUT2D eigenvalue weighted by atomic mass is 16.8. The zero-order valence-corrected chi connectivity index (χ0v) is 74.4. The van der Waals surface area contributed by atoms with Crippen molar-refractivity contribution in [2.75, 3.05) is 26.4 Å². The number of amides is 1. The van der Waals surface area contributed by atoms with Crippen molar-refractivity contribution in [2.24, 2.45) is 0 Å². The van der Waals surface area contributed by atoms with Gasteiger partial charge in [0.2, 0.25) is 5.91 Å². The van der Waals surface area contributed by atoms with Crippen LogP contribution in [0.4, 0.5) is 0 Å². The number of aliphatic hydroxyl groups excluding tert-OH is 11. The van der Waals surface area contributed by atoms with Crippen LogP contribution < -0.4 is 5.32 Å². The number of ether oxygens (including phenoxy) is 6. The van der Waals surface area contributed by atoms with Gasteiger partial charge in [-0.2, -0.15) is 0 Å². The first-order chi connectivity index (χ1) is 57.8. The van der Waals surface area contributed by atoms with Crippen LogP contribution in [0.25, 0.3) is 0 Å². The molecule has 0 bridgehead atoms. The topological polar surface area (TPSA) is 307 Å². The van der Waals surface area contributed by atoms with E-state index < -0.39 is 124 Å². The Morgan fingerprint density at radius 2 is 0.585 bits per heavy atom. The first kappa shape index (κ1) is 109. The summed E-state index contributed by atoms with van der Waals surface area (Å²) < 4.78 is 34.6. The molecule has 0 aromatic heterocycles. The first-order valence-corrected chi connectivity index (χ1v) is 48.5. The van der Waals surface area contributed by atoms with Crippen LogP contribution in [0, 0.1) is 0 Å². The van der Waals surface area contributed by atoms with Gasteiger partial charge in [-0.1, -0.05) is 406 Å². The molecule has 19 nitrogen and oxygen atoms in total. The highest BCUT2D eigenvalue weighted by molar-refractivity contribution is 5.76. The molecule has 0 aromatic carbocycles. The van der Waals surface area contributed by atoms with Crippen molar-refractivity contribution in [3.05, 3.63) is 97.2 Å². The molecular weight excluding hydrogens is 1490 g/mol. The largest absolute Gasteiger partial charge is 0.394 e. The molecule has 3 saturated heterocycles. The van der Waals surface area contributed by atoms with Gasteiger partial charge in [-0.3, -0.25) is 4.79 Å². The lowest BCUT2D eigenvalue weighted by Gasteiger charge is -2.48. The number of rotatable bonds is 79. The molecule has 686 valence electrons. The summed E-state index contributed by atoms with van der Waals surface area (Å²) in [5.41, 5.74) is 0. The summed E-state index contributed by atoms with van der Waals surface area (Å²) in [4.78, 5) is 13.6. The predicted molar refractivity (Wildman–Crippen MR) is 480 cm³/mol. The summed E-state index contributed by atoms with van der Waals surface area (Å²) in [5, 5.41) is 122. The van der Waals surface area contributed by atoms with Crippen molar-refractivity contribution < 1.29 is 89.4 Å². The molecule has 17 atom stereocenters. The van der Waals surface area contributed by atoms with E-state index in [1.54, 1.807) is 0 Å². The maximum absolute atomic E-state index is 13.6. The minimum atomic E-state index is -1.98. The van der Waals surface area contributed by atoms with E-state index in [9.17, 15) is 61.0 Å². The Morgan fingerprint density at radius 3 is 0.915 bits per heavy atom. The monoisotopic (exact) mass is 1670 g/mol. The van der Waals surface area contributed by atoms with Crippen LogP contribution in [0.5, 0.6) is 0 Å². The third kappa shape index (κ3) is 54.5. The van der Waals surface area contributed by atoms with Crippen LogP contribution in [0.1, 0.15) is 393 Å². The minimum absolute atomic E-state index is 0.239. The predicted octanol–water partition coefficient (Wildman–Crippen LogP) is 19.8. The normalized spacial score (nSPS) is 24.7. The van der Waals surface area contributed by atoms with Gasteiger partial charge >= 0.3 is 0 Å². The average Bonchev–Trinajstić information content (AvgIpc) is 0.777. The smallest absolute Gasteiger partial charge is 0.220 e. The van der Waals surface area contributed by atoms with Crippen molar-refractivity contribution >= 4 is 5.91 Å². The number of unbranched alkanes of at least 4 members (excludes halogenated alkanes) is 47. The maximum atomic E-state index is 13.6. The van der Waals surface area contributed by atoms with Crippen LogP contribution in [-0.4, -0.2) is 193 Å². The Kier molecular flexibility index (Phi) is 71.3. The van der Waals surface area contributed by atoms with Gasteiger partial charge in [0.15, 0.2) is 18.9 Å². The van der Waals surface area contributed by atoms with Gasteiger partial charge in [-0.25, -0.2) is 0 Å². The molecule has 0 radical (unpaired) electrons. The van der Waals surface area contributed by atoms with E-state index in [1.165, 1.54) is 263 Å². The van der Waals surface area contributed by atoms with Crippen molar-refractivity contribution in [1.82, 2.24) is 5.32 Å². The third-order valence-corrected chi connectivity index (χ3v) is 23.7. The van der Waals surface area contributed by atoms with Crippen LogP contribution in [0.2, 0.25) is 0 Å². The summed E-state index contributed by atoms with van der Waals surface area (Å²) >= 11 is 0. The van der Waals surface area contributed by atoms with E-state index in [-0.39, 0.29) is 18.9 Å². The standard InChI is InChI=1S/C99H177NO18/c1-3-5-7-9-11-13-15-17-19-21-23-25-27-29-31-33-35-37-38-39-40-41-42-43-44-45-47-49-51-53-55-57-59-61-63-65-67-69-71-73-75-77-87(105)100-82(83(104)76-74-72-70-68-66-64-62-60-58-56-54-52-50-48-46-36-34-32-30-28-26-24-22-20-18-16-14-12-10-8-6-4-2)81-113-97-93(111)90(108)95(85(79-102)115-97)118-99-94(112)91(109)96(86(80-103)116-99)117-98-92(110)89(107)88(106)84(78-101)114-98/h5,7,11,13,17,19,23,25,29,31,35,37,39-40,42-43,82-86,88-99,101-104,106-112H,3-4,6,8-10,12,14-16,18,20-22,24,26-28,30,32-34,36,38,41,44-81H2,1-2H3,(H,100,105)/b7-5-,13-11-,19-17-,25-23-,31-29-,37-35-,40-39-,43-42-. The van der Waals surface area contributed by atoms with Crippen molar-refractivity contribution in [3.8, 4) is 0 Å². The summed E-state index contributed by atoms with van der Waals surface area (Å²) in [6.45, 7) is 1.74. The molecule has 118 heavy (non-hydrogen) atoms. The molecule has 0 aliphatic carbocycles. The van der Waals surface area contributed by atoms with E-state index >= 15 is 0 Å². The van der Waals surface area contributed by atoms with Gasteiger partial charge in [0.05, 0.1) is 38.6 Å². The van der Waals surface area contributed by atoms with Gasteiger partial charge in [-0.05, 0) is 77.0 Å². The van der Waals surface area contributed by atoms with E-state index in [4.69, 9.17) is 28.4 Å². The Morgan fingerprint density at radius 1 is 0.314 bits per heavy atom. The molecule has 3 aliphatic rings. The number of carbonyl (C=O) groups is 1. The second kappa shape index (κ2) is 77.3. The van der Waals surface area contributed by atoms with E-state index in [1.807, 2.05) is 0 Å². The lowest BCUT2D eigenvalue weighted by atomic mass is 9.96. The molecule has 1 amide bonds. The Labute approximate surface area is 717 Å². The molecule has 0 spiro atoms. The fourth-order valence-electron chi connectivity index (χ4n) is 16.0. The fourth-order valence-corrected chi connectivity index (χ4v) is 16.0. The second-order valence-electron chi connectivity index (χ2n) is 34.2. The van der Waals surface area contributed by atoms with Crippen molar-refractivity contribution in [1.29, 1.82) is 0 Å². The van der Waals surface area contributed by atoms with Gasteiger partial charge in [0.25, 0.3) is 0 Å². The minimum Gasteiger partial charge on any atom is -0.394 e. The molecule has 3 rings (SSSR count). The quantitative estimate of drug-likeness (QED) is 0.0199.